The van der Waals surface area contributed by atoms with Crippen molar-refractivity contribution >= 4 is 39.7 Å². The molecule has 2 aromatic heterocycles. The Bertz CT molecular complexity index is 1100. The van der Waals surface area contributed by atoms with Crippen LogP contribution in [0.4, 0.5) is 4.39 Å². The number of aromatic nitrogens is 3. The maximum absolute atomic E-state index is 13.6. The van der Waals surface area contributed by atoms with Gasteiger partial charge in [0.05, 0.1) is 4.90 Å². The number of fused-ring (bicyclic) bond motifs is 1. The highest BCUT2D eigenvalue weighted by atomic mass is 35.5. The van der Waals surface area contributed by atoms with Crippen molar-refractivity contribution < 1.29 is 12.8 Å². The first-order chi connectivity index (χ1) is 12.3. The minimum atomic E-state index is -3.98. The lowest BCUT2D eigenvalue weighted by Gasteiger charge is -2.10. The highest BCUT2D eigenvalue weighted by molar-refractivity contribution is 7.99. The lowest BCUT2D eigenvalue weighted by atomic mass is 10.1. The van der Waals surface area contributed by atoms with Crippen LogP contribution in [0.1, 0.15) is 17.0 Å². The third kappa shape index (κ3) is 3.69. The van der Waals surface area contributed by atoms with Gasteiger partial charge in [0.15, 0.2) is 10.5 Å². The summed E-state index contributed by atoms with van der Waals surface area (Å²) in [6.07, 6.45) is 2.37. The molecule has 0 amide bonds. The Morgan fingerprint density at radius 3 is 2.59 bits per heavy atom. The molecule has 0 bridgehead atoms. The molecule has 0 atom stereocenters. The van der Waals surface area contributed by atoms with Crippen LogP contribution in [0.25, 0.3) is 5.65 Å². The molecular formula is C17H20ClFN4O2S2. The van der Waals surface area contributed by atoms with E-state index in [0.717, 1.165) is 17.3 Å². The van der Waals surface area contributed by atoms with E-state index in [1.165, 1.54) is 34.5 Å². The lowest BCUT2D eigenvalue weighted by molar-refractivity contribution is 0.589. The monoisotopic (exact) mass is 430 g/mol. The summed E-state index contributed by atoms with van der Waals surface area (Å²) in [5.74, 6) is -0.612. The Morgan fingerprint density at radius 2 is 2.00 bits per heavy atom. The molecule has 0 aliphatic carbocycles. The molecule has 0 aliphatic heterocycles. The fourth-order valence-corrected chi connectivity index (χ4v) is 5.37. The van der Waals surface area contributed by atoms with Crippen LogP contribution in [-0.2, 0) is 16.3 Å². The average Bonchev–Trinajstić information content (AvgIpc) is 2.98. The molecular weight excluding hydrogens is 411 g/mol. The fraction of sp³-hybridized carbons (Fsp3) is 0.294. The zero-order chi connectivity index (χ0) is 19.1. The molecule has 0 aliphatic rings. The number of nitrogens with zero attached hydrogens (tertiary/aromatic N) is 3. The number of benzene rings is 1. The molecule has 0 unspecified atom stereocenters. The first-order valence-electron chi connectivity index (χ1n) is 7.94. The standard InChI is InChI=1S/C17H19FN4O2S2.ClH/c1-10-14(7-8-19)11(2)22-16(20-10)15(17(21-22)25-3)26(23,24)13-6-4-5-12(18)9-13;/h4-6,9H,7-8,19H2,1-3H3;1H. The highest BCUT2D eigenvalue weighted by Crippen LogP contribution is 2.33. The van der Waals surface area contributed by atoms with Gasteiger partial charge in [0.2, 0.25) is 9.84 Å². The van der Waals surface area contributed by atoms with E-state index in [1.54, 1.807) is 6.26 Å². The SMILES string of the molecule is CSc1nn2c(C)c(CCN)c(C)nc2c1S(=O)(=O)c1cccc(F)c1.Cl. The summed E-state index contributed by atoms with van der Waals surface area (Å²) in [6.45, 7) is 4.14. The maximum atomic E-state index is 13.6. The van der Waals surface area contributed by atoms with E-state index in [-0.39, 0.29) is 27.8 Å². The molecule has 0 fully saturated rings. The van der Waals surface area contributed by atoms with E-state index in [2.05, 4.69) is 10.1 Å². The molecule has 0 radical (unpaired) electrons. The highest BCUT2D eigenvalue weighted by Gasteiger charge is 2.30. The van der Waals surface area contributed by atoms with Gasteiger partial charge in [-0.2, -0.15) is 5.10 Å². The van der Waals surface area contributed by atoms with Crippen LogP contribution in [0.3, 0.4) is 0 Å². The average molecular weight is 431 g/mol. The van der Waals surface area contributed by atoms with Crippen molar-refractivity contribution in [2.75, 3.05) is 12.8 Å². The third-order valence-corrected chi connectivity index (χ3v) is 6.81. The van der Waals surface area contributed by atoms with Crippen molar-refractivity contribution in [1.82, 2.24) is 14.6 Å². The first-order valence-corrected chi connectivity index (χ1v) is 10.7. The van der Waals surface area contributed by atoms with Crippen molar-refractivity contribution in [3.8, 4) is 0 Å². The molecule has 0 spiro atoms. The number of halogens is 2. The van der Waals surface area contributed by atoms with Gasteiger partial charge in [0.1, 0.15) is 10.8 Å². The van der Waals surface area contributed by atoms with Crippen LogP contribution in [0.15, 0.2) is 39.1 Å². The lowest BCUT2D eigenvalue weighted by Crippen LogP contribution is -2.11. The normalized spacial score (nSPS) is 11.6. The zero-order valence-electron chi connectivity index (χ0n) is 15.1. The predicted molar refractivity (Wildman–Crippen MR) is 106 cm³/mol. The second-order valence-electron chi connectivity index (χ2n) is 5.83. The van der Waals surface area contributed by atoms with Crippen LogP contribution in [-0.4, -0.2) is 35.8 Å². The van der Waals surface area contributed by atoms with Gasteiger partial charge >= 0.3 is 0 Å². The number of aryl methyl sites for hydroxylation is 2. The van der Waals surface area contributed by atoms with Gasteiger partial charge in [-0.3, -0.25) is 0 Å². The third-order valence-electron chi connectivity index (χ3n) is 4.22. The molecule has 2 N–H and O–H groups in total. The Hall–Kier alpha value is -1.68. The maximum Gasteiger partial charge on any atom is 0.213 e. The van der Waals surface area contributed by atoms with Crippen molar-refractivity contribution in [2.45, 2.75) is 35.1 Å². The van der Waals surface area contributed by atoms with Crippen LogP contribution in [0, 0.1) is 19.7 Å². The largest absolute Gasteiger partial charge is 0.330 e. The number of rotatable bonds is 5. The summed E-state index contributed by atoms with van der Waals surface area (Å²) in [5, 5.41) is 4.76. The Balaban J connectivity index is 0.00000261. The van der Waals surface area contributed by atoms with Crippen molar-refractivity contribution in [3.05, 3.63) is 47.0 Å². The summed E-state index contributed by atoms with van der Waals surface area (Å²) in [5.41, 5.74) is 8.38. The van der Waals surface area contributed by atoms with Gasteiger partial charge in [0.25, 0.3) is 0 Å². The number of thioether (sulfide) groups is 1. The van der Waals surface area contributed by atoms with E-state index < -0.39 is 15.7 Å². The Labute approximate surface area is 167 Å². The Morgan fingerprint density at radius 1 is 1.30 bits per heavy atom. The van der Waals surface area contributed by atoms with Crippen molar-refractivity contribution in [1.29, 1.82) is 0 Å². The van der Waals surface area contributed by atoms with Gasteiger partial charge in [0, 0.05) is 11.4 Å². The molecule has 0 saturated carbocycles. The summed E-state index contributed by atoms with van der Waals surface area (Å²) >= 11 is 1.21. The first kappa shape index (κ1) is 21.6. The molecule has 10 heteroatoms. The number of nitrogens with two attached hydrogens (primary N) is 1. The van der Waals surface area contributed by atoms with E-state index in [1.807, 2.05) is 13.8 Å². The molecule has 6 nitrogen and oxygen atoms in total. The van der Waals surface area contributed by atoms with Crippen molar-refractivity contribution in [2.24, 2.45) is 5.73 Å². The van der Waals surface area contributed by atoms with E-state index in [9.17, 15) is 12.8 Å². The summed E-state index contributed by atoms with van der Waals surface area (Å²) < 4.78 is 41.5. The number of sulfone groups is 1. The molecule has 1 aromatic carbocycles. The predicted octanol–water partition coefficient (Wildman–Crippen LogP) is 2.96. The minimum Gasteiger partial charge on any atom is -0.330 e. The van der Waals surface area contributed by atoms with Crippen LogP contribution in [0.5, 0.6) is 0 Å². The number of hydrogen-bond donors (Lipinski definition) is 1. The molecule has 27 heavy (non-hydrogen) atoms. The van der Waals surface area contributed by atoms with E-state index in [0.29, 0.717) is 23.7 Å². The number of hydrogen-bond acceptors (Lipinski definition) is 6. The topological polar surface area (TPSA) is 90.3 Å². The van der Waals surface area contributed by atoms with E-state index >= 15 is 0 Å². The van der Waals surface area contributed by atoms with Gasteiger partial charge in [-0.05, 0) is 56.8 Å². The summed E-state index contributed by atoms with van der Waals surface area (Å²) in [4.78, 5) is 4.38. The smallest absolute Gasteiger partial charge is 0.213 e. The minimum absolute atomic E-state index is 0. The van der Waals surface area contributed by atoms with Gasteiger partial charge in [-0.15, -0.1) is 24.2 Å². The summed E-state index contributed by atoms with van der Waals surface area (Å²) in [6, 6.07) is 4.95. The molecule has 3 rings (SSSR count). The molecule has 146 valence electrons. The van der Waals surface area contributed by atoms with Crippen molar-refractivity contribution in [3.63, 3.8) is 0 Å². The molecule has 2 heterocycles. The fourth-order valence-electron chi connectivity index (χ4n) is 2.95. The van der Waals surface area contributed by atoms with Gasteiger partial charge < -0.3 is 5.73 Å². The van der Waals surface area contributed by atoms with Crippen LogP contribution in [0.2, 0.25) is 0 Å². The van der Waals surface area contributed by atoms with Gasteiger partial charge in [-0.25, -0.2) is 22.3 Å². The zero-order valence-corrected chi connectivity index (χ0v) is 17.5. The quantitative estimate of drug-likeness (QED) is 0.626. The summed E-state index contributed by atoms with van der Waals surface area (Å²) in [7, 11) is -3.98. The van der Waals surface area contributed by atoms with Crippen LogP contribution >= 0.6 is 24.2 Å². The molecule has 0 saturated heterocycles. The van der Waals surface area contributed by atoms with E-state index in [4.69, 9.17) is 5.73 Å². The van der Waals surface area contributed by atoms with Gasteiger partial charge in [-0.1, -0.05) is 6.07 Å². The molecule has 3 aromatic rings. The Kier molecular flexibility index (Phi) is 6.51. The second-order valence-corrected chi connectivity index (χ2v) is 8.52. The van der Waals surface area contributed by atoms with Crippen LogP contribution < -0.4 is 5.73 Å². The second kappa shape index (κ2) is 8.14.